The number of aliphatic hydroxyl groups is 8. The Balaban J connectivity index is 0.0000168. The van der Waals surface area contributed by atoms with Crippen LogP contribution in [-0.2, 0) is 42.9 Å². The smallest absolute Gasteiger partial charge is 0.746 e. The molecular formula is C50H80N8NaO20P. The first-order valence-corrected chi connectivity index (χ1v) is 28.2. The molecule has 446 valence electrons. The molecule has 3 saturated heterocycles. The molecule has 3 fully saturated rings. The maximum absolute atomic E-state index is 14.4. The van der Waals surface area contributed by atoms with Crippen LogP contribution >= 0.6 is 7.82 Å². The number of nitrogens with two attached hydrogens (primary N) is 1. The molecule has 8 amide bonds. The summed E-state index contributed by atoms with van der Waals surface area (Å²) in [7, 11) is -5.32. The van der Waals surface area contributed by atoms with Crippen molar-refractivity contribution in [2.45, 2.75) is 203 Å². The minimum atomic E-state index is -5.32. The molecule has 28 nitrogen and oxygen atoms in total. The SMILES string of the molecule is CC[C@H](C)C[C@H](C)CCCCCCCCC(=O)N[C@H]1C[C@@H](O)[C@@H](O)NC(=O)[C@@H]2[C@@H](O)CCN2C(=O)[C@H]([C@H](O)CC(N)=O)NC(=O)C([C@H](O)[C@@H](O)c2ccc(OP(=O)([O-])O)cc2)NC(=O)[C@@H]2C[C@@H](O)CN2C(=O)C([C@@H](C)O)NC1=O.[Na+]. The van der Waals surface area contributed by atoms with Crippen LogP contribution in [0, 0.1) is 11.8 Å². The van der Waals surface area contributed by atoms with Gasteiger partial charge in [-0.3, -0.25) is 42.9 Å². The van der Waals surface area contributed by atoms with E-state index in [1.165, 1.54) is 6.42 Å². The molecule has 0 saturated carbocycles. The monoisotopic (exact) mass is 1170 g/mol. The first-order chi connectivity index (χ1) is 37.0. The zero-order valence-electron chi connectivity index (χ0n) is 45.8. The fraction of sp³-hybridized carbons (Fsp3) is 0.720. The van der Waals surface area contributed by atoms with Crippen LogP contribution in [0.25, 0.3) is 0 Å². The molecule has 80 heavy (non-hydrogen) atoms. The number of hydrogen-bond acceptors (Lipinski definition) is 19. The van der Waals surface area contributed by atoms with E-state index < -0.39 is 178 Å². The second-order valence-electron chi connectivity index (χ2n) is 21.1. The molecule has 1 aromatic carbocycles. The Bertz CT molecular complexity index is 2300. The number of amides is 8. The summed E-state index contributed by atoms with van der Waals surface area (Å²) in [5, 5.41) is 101. The van der Waals surface area contributed by atoms with Crippen LogP contribution < -0.4 is 71.3 Å². The Kier molecular flexibility index (Phi) is 28.3. The van der Waals surface area contributed by atoms with Gasteiger partial charge in [0.2, 0.25) is 47.3 Å². The van der Waals surface area contributed by atoms with Crippen molar-refractivity contribution in [3.8, 4) is 5.75 Å². The number of carbonyl (C=O) groups excluding carboxylic acids is 8. The number of carbonyl (C=O) groups is 8. The molecule has 4 rings (SSSR count). The van der Waals surface area contributed by atoms with Crippen LogP contribution in [0.3, 0.4) is 0 Å². The predicted molar refractivity (Wildman–Crippen MR) is 274 cm³/mol. The van der Waals surface area contributed by atoms with Gasteiger partial charge in [0, 0.05) is 32.4 Å². The molecule has 0 aromatic heterocycles. The van der Waals surface area contributed by atoms with Gasteiger partial charge in [0.25, 0.3) is 0 Å². The van der Waals surface area contributed by atoms with Crippen molar-refractivity contribution < 1.29 is 128 Å². The maximum atomic E-state index is 14.4. The predicted octanol–water partition coefficient (Wildman–Crippen LogP) is -7.20. The third-order valence-corrected chi connectivity index (χ3v) is 15.0. The van der Waals surface area contributed by atoms with Crippen LogP contribution in [0.4, 0.5) is 0 Å². The number of phosphoric acid groups is 1. The molecule has 16 N–H and O–H groups in total. The molecule has 0 bridgehead atoms. The molecule has 0 radical (unpaired) electrons. The largest absolute Gasteiger partial charge is 1.00 e. The third kappa shape index (κ3) is 20.8. The van der Waals surface area contributed by atoms with Crippen LogP contribution in [-0.4, -0.2) is 195 Å². The van der Waals surface area contributed by atoms with Crippen LogP contribution in [0.2, 0.25) is 0 Å². The molecular weight excluding hydrogens is 1090 g/mol. The Labute approximate surface area is 485 Å². The van der Waals surface area contributed by atoms with Crippen molar-refractivity contribution in [3.63, 3.8) is 0 Å². The number of primary amides is 1. The second-order valence-corrected chi connectivity index (χ2v) is 22.2. The van der Waals surface area contributed by atoms with Crippen molar-refractivity contribution in [1.82, 2.24) is 36.4 Å². The third-order valence-electron chi connectivity index (χ3n) is 14.5. The van der Waals surface area contributed by atoms with Gasteiger partial charge >= 0.3 is 37.4 Å². The van der Waals surface area contributed by atoms with Gasteiger partial charge in [0.05, 0.1) is 30.8 Å². The van der Waals surface area contributed by atoms with Crippen LogP contribution in [0.1, 0.15) is 129 Å². The number of aliphatic hydroxyl groups excluding tert-OH is 8. The van der Waals surface area contributed by atoms with Gasteiger partial charge in [-0.1, -0.05) is 77.8 Å². The Morgan fingerprint density at radius 3 is 1.96 bits per heavy atom. The first kappa shape index (κ1) is 69.9. The molecule has 1 aromatic rings. The minimum Gasteiger partial charge on any atom is -0.746 e. The number of fused-ring (bicyclic) bond motifs is 2. The van der Waals surface area contributed by atoms with Crippen molar-refractivity contribution in [3.05, 3.63) is 29.8 Å². The fourth-order valence-electron chi connectivity index (χ4n) is 9.98. The van der Waals surface area contributed by atoms with E-state index in [1.807, 2.05) is 5.32 Å². The summed E-state index contributed by atoms with van der Waals surface area (Å²) >= 11 is 0. The van der Waals surface area contributed by atoms with E-state index in [9.17, 15) is 88.7 Å². The summed E-state index contributed by atoms with van der Waals surface area (Å²) in [4.78, 5) is 133. The van der Waals surface area contributed by atoms with Crippen molar-refractivity contribution in [1.29, 1.82) is 0 Å². The number of nitrogens with zero attached hydrogens (tertiary/aromatic N) is 2. The molecule has 0 aliphatic carbocycles. The Morgan fingerprint density at radius 1 is 0.775 bits per heavy atom. The number of unbranched alkanes of at least 4 members (excludes halogenated alkanes) is 5. The van der Waals surface area contributed by atoms with Gasteiger partial charge < -0.3 is 97.3 Å². The van der Waals surface area contributed by atoms with E-state index in [4.69, 9.17) is 10.6 Å². The first-order valence-electron chi connectivity index (χ1n) is 26.7. The number of rotatable bonds is 22. The zero-order chi connectivity index (χ0) is 59.1. The summed E-state index contributed by atoms with van der Waals surface area (Å²) in [5.74, 6) is -9.22. The van der Waals surface area contributed by atoms with Gasteiger partial charge in [-0.25, -0.2) is 0 Å². The Hall–Kier alpha value is -4.39. The standard InChI is InChI=1S/C50H81N8O20P.Na/c1-5-25(2)20-26(3)12-10-8-6-7-9-11-13-37(65)52-31-22-35(63)46(70)56-48(72)41-33(61)18-19-57(41)50(74)39(34(62)23-36(51)64)54-47(71)40(43(67)42(66)28-14-16-30(17-15-28)78-79(75,76)77)55-45(69)32-21-29(60)24-58(32)49(73)38(27(4)59)53-44(31)68;/h14-17,25-27,29,31-35,38-43,46,59-63,66-67,70H,5-13,18-24H2,1-4H3,(H2,51,64)(H,52,65)(H,53,68)(H,54,71)(H,55,69)(H,56,72)(H2,75,76,77);/q;+1/p-1/t25-,26+,27+,29+,31-,32-,33-,34+,35+,38?,39-,40?,41-,42-,43-,46+;/m0./s1. The Morgan fingerprint density at radius 2 is 1.36 bits per heavy atom. The maximum Gasteiger partial charge on any atom is 1.00 e. The van der Waals surface area contributed by atoms with Gasteiger partial charge in [0.1, 0.15) is 60.3 Å². The van der Waals surface area contributed by atoms with E-state index >= 15 is 0 Å². The molecule has 3 aliphatic heterocycles. The molecule has 3 unspecified atom stereocenters. The van der Waals surface area contributed by atoms with Crippen LogP contribution in [0.15, 0.2) is 24.3 Å². The van der Waals surface area contributed by atoms with Crippen molar-refractivity contribution in [2.75, 3.05) is 13.1 Å². The summed E-state index contributed by atoms with van der Waals surface area (Å²) in [6.45, 7) is 6.61. The number of hydrogen-bond donors (Lipinski definition) is 15. The van der Waals surface area contributed by atoms with Gasteiger partial charge in [-0.15, -0.1) is 0 Å². The summed E-state index contributed by atoms with van der Waals surface area (Å²) in [6.07, 6.45) is -11.1. The van der Waals surface area contributed by atoms with Gasteiger partial charge in [-0.05, 0) is 55.7 Å². The second kappa shape index (κ2) is 32.5. The average Bonchev–Trinajstić information content (AvgIpc) is 3.98. The summed E-state index contributed by atoms with van der Waals surface area (Å²) in [5.41, 5.74) is 5.02. The topological polar surface area (TPSA) is 461 Å². The number of benzene rings is 1. The van der Waals surface area contributed by atoms with Crippen LogP contribution in [0.5, 0.6) is 5.75 Å². The van der Waals surface area contributed by atoms with E-state index in [1.54, 1.807) is 0 Å². The van der Waals surface area contributed by atoms with E-state index in [0.29, 0.717) is 34.5 Å². The molecule has 17 atom stereocenters. The summed E-state index contributed by atoms with van der Waals surface area (Å²) in [6, 6.07) is -8.54. The number of nitrogens with one attached hydrogen (secondary N) is 5. The minimum absolute atomic E-state index is 0. The van der Waals surface area contributed by atoms with Crippen molar-refractivity contribution >= 4 is 55.1 Å². The van der Waals surface area contributed by atoms with E-state index in [2.05, 4.69) is 46.6 Å². The molecule has 30 heteroatoms. The number of phosphoric ester groups is 1. The fourth-order valence-corrected chi connectivity index (χ4v) is 10.4. The van der Waals surface area contributed by atoms with Crippen molar-refractivity contribution in [2.24, 2.45) is 17.6 Å². The van der Waals surface area contributed by atoms with E-state index in [0.717, 1.165) is 69.7 Å². The summed E-state index contributed by atoms with van der Waals surface area (Å²) < 4.78 is 15.7. The average molecular weight is 1170 g/mol. The normalized spacial score (nSPS) is 28.6. The zero-order valence-corrected chi connectivity index (χ0v) is 48.7. The quantitative estimate of drug-likeness (QED) is 0.0291. The van der Waals surface area contributed by atoms with Gasteiger partial charge in [-0.2, -0.15) is 0 Å². The van der Waals surface area contributed by atoms with Gasteiger partial charge in [0.15, 0.2) is 6.23 Å². The molecule has 0 spiro atoms. The van der Waals surface area contributed by atoms with E-state index in [-0.39, 0.29) is 48.0 Å². The molecule has 3 heterocycles. The molecule has 3 aliphatic rings.